The highest BCUT2D eigenvalue weighted by Gasteiger charge is 2.21. The van der Waals surface area contributed by atoms with Crippen molar-refractivity contribution in [2.24, 2.45) is 5.73 Å². The number of carboxylic acids is 1. The average Bonchev–Trinajstić information content (AvgIpc) is 2.15. The van der Waals surface area contributed by atoms with Crippen LogP contribution in [0.15, 0.2) is 6.20 Å². The molecule has 1 rings (SSSR count). The zero-order chi connectivity index (χ0) is 12.3. The van der Waals surface area contributed by atoms with Crippen LogP contribution in [0.4, 0.5) is 0 Å². The minimum Gasteiger partial charge on any atom is -0.480 e. The fraction of sp³-hybridized carbons (Fsp3) is 0.500. The summed E-state index contributed by atoms with van der Waals surface area (Å²) in [5, 5.41) is 8.83. The van der Waals surface area contributed by atoms with Gasteiger partial charge < -0.3 is 15.6 Å². The molecule has 0 radical (unpaired) electrons. The Morgan fingerprint density at radius 3 is 2.69 bits per heavy atom. The second-order valence-corrected chi connectivity index (χ2v) is 3.66. The lowest BCUT2D eigenvalue weighted by Crippen LogP contribution is -2.23. The van der Waals surface area contributed by atoms with E-state index in [9.17, 15) is 4.79 Å². The summed E-state index contributed by atoms with van der Waals surface area (Å²) in [7, 11) is 0. The smallest absolute Gasteiger partial charge is 0.325 e. The van der Waals surface area contributed by atoms with Gasteiger partial charge in [0.15, 0.2) is 0 Å². The van der Waals surface area contributed by atoms with Crippen molar-refractivity contribution >= 4 is 5.97 Å². The number of hydrogen-bond acceptors (Lipinski definition) is 5. The number of rotatable bonds is 4. The SMILES string of the molecule is Cc1ncc(C(N)C(=O)O)c(OC(C)C)n1. The number of carbonyl (C=O) groups is 1. The minimum atomic E-state index is -1.17. The van der Waals surface area contributed by atoms with E-state index in [1.807, 2.05) is 13.8 Å². The van der Waals surface area contributed by atoms with E-state index >= 15 is 0 Å². The van der Waals surface area contributed by atoms with Crippen LogP contribution < -0.4 is 10.5 Å². The summed E-state index contributed by atoms with van der Waals surface area (Å²) >= 11 is 0. The summed E-state index contributed by atoms with van der Waals surface area (Å²) in [6, 6.07) is -1.17. The first-order valence-corrected chi connectivity index (χ1v) is 4.90. The number of nitrogens with two attached hydrogens (primary N) is 1. The number of carboxylic acid groups (broad SMARTS) is 1. The molecule has 0 aliphatic rings. The minimum absolute atomic E-state index is 0.103. The maximum absolute atomic E-state index is 10.8. The first-order valence-electron chi connectivity index (χ1n) is 4.90. The van der Waals surface area contributed by atoms with Gasteiger partial charge in [-0.15, -0.1) is 0 Å². The lowest BCUT2D eigenvalue weighted by molar-refractivity contribution is -0.138. The van der Waals surface area contributed by atoms with E-state index in [-0.39, 0.29) is 17.5 Å². The van der Waals surface area contributed by atoms with Gasteiger partial charge in [0.2, 0.25) is 5.88 Å². The van der Waals surface area contributed by atoms with Gasteiger partial charge in [-0.2, -0.15) is 4.98 Å². The second-order valence-electron chi connectivity index (χ2n) is 3.66. The van der Waals surface area contributed by atoms with Gasteiger partial charge in [0, 0.05) is 6.20 Å². The van der Waals surface area contributed by atoms with Crippen molar-refractivity contribution < 1.29 is 14.6 Å². The Morgan fingerprint density at radius 2 is 2.19 bits per heavy atom. The van der Waals surface area contributed by atoms with Gasteiger partial charge in [-0.25, -0.2) is 4.98 Å². The topological polar surface area (TPSA) is 98.3 Å². The third kappa shape index (κ3) is 2.90. The Bertz CT molecular complexity index is 393. The number of aromatic nitrogens is 2. The van der Waals surface area contributed by atoms with Gasteiger partial charge >= 0.3 is 5.97 Å². The fourth-order valence-electron chi connectivity index (χ4n) is 1.12. The quantitative estimate of drug-likeness (QED) is 0.780. The summed E-state index contributed by atoms with van der Waals surface area (Å²) in [5.74, 6) is -0.393. The first kappa shape index (κ1) is 12.4. The van der Waals surface area contributed by atoms with Crippen molar-refractivity contribution in [1.29, 1.82) is 0 Å². The lowest BCUT2D eigenvalue weighted by Gasteiger charge is -2.15. The molecule has 1 aromatic heterocycles. The number of nitrogens with zero attached hydrogens (tertiary/aromatic N) is 2. The summed E-state index contributed by atoms with van der Waals surface area (Å²) in [6.45, 7) is 5.35. The molecule has 0 amide bonds. The Kier molecular flexibility index (Phi) is 3.78. The molecule has 1 atom stereocenters. The van der Waals surface area contributed by atoms with E-state index in [2.05, 4.69) is 9.97 Å². The third-order valence-electron chi connectivity index (χ3n) is 1.85. The van der Waals surface area contributed by atoms with Crippen LogP contribution in [-0.4, -0.2) is 27.1 Å². The van der Waals surface area contributed by atoms with E-state index in [4.69, 9.17) is 15.6 Å². The molecule has 1 heterocycles. The van der Waals surface area contributed by atoms with Crippen LogP contribution in [0.5, 0.6) is 5.88 Å². The van der Waals surface area contributed by atoms with Crippen LogP contribution >= 0.6 is 0 Å². The summed E-state index contributed by atoms with van der Waals surface area (Å²) < 4.78 is 5.40. The van der Waals surface area contributed by atoms with Gasteiger partial charge in [-0.1, -0.05) is 0 Å². The van der Waals surface area contributed by atoms with Crippen LogP contribution in [0.2, 0.25) is 0 Å². The summed E-state index contributed by atoms with van der Waals surface area (Å²) in [4.78, 5) is 18.7. The highest BCUT2D eigenvalue weighted by atomic mass is 16.5. The summed E-state index contributed by atoms with van der Waals surface area (Å²) in [5.41, 5.74) is 5.79. The highest BCUT2D eigenvalue weighted by molar-refractivity contribution is 5.75. The molecular formula is C10H15N3O3. The van der Waals surface area contributed by atoms with Crippen molar-refractivity contribution in [2.75, 3.05) is 0 Å². The lowest BCUT2D eigenvalue weighted by atomic mass is 10.1. The molecule has 0 aromatic carbocycles. The van der Waals surface area contributed by atoms with Gasteiger partial charge in [-0.3, -0.25) is 4.79 Å². The van der Waals surface area contributed by atoms with Crippen LogP contribution in [0.25, 0.3) is 0 Å². The Hall–Kier alpha value is -1.69. The van der Waals surface area contributed by atoms with Crippen LogP contribution in [0.1, 0.15) is 31.3 Å². The van der Waals surface area contributed by atoms with Gasteiger partial charge in [0.05, 0.1) is 11.7 Å². The molecule has 1 aromatic rings. The standard InChI is InChI=1S/C10H15N3O3/c1-5(2)16-9-7(8(11)10(14)15)4-12-6(3)13-9/h4-5,8H,11H2,1-3H3,(H,14,15). The van der Waals surface area contributed by atoms with Gasteiger partial charge in [0.1, 0.15) is 11.9 Å². The molecule has 0 bridgehead atoms. The molecule has 0 aliphatic carbocycles. The van der Waals surface area contributed by atoms with E-state index in [1.54, 1.807) is 6.92 Å². The van der Waals surface area contributed by atoms with Crippen molar-refractivity contribution in [3.63, 3.8) is 0 Å². The Morgan fingerprint density at radius 1 is 1.56 bits per heavy atom. The molecule has 1 unspecified atom stereocenters. The third-order valence-corrected chi connectivity index (χ3v) is 1.85. The van der Waals surface area contributed by atoms with Crippen molar-refractivity contribution in [2.45, 2.75) is 32.9 Å². The number of aliphatic carboxylic acids is 1. The van der Waals surface area contributed by atoms with Crippen LogP contribution in [-0.2, 0) is 4.79 Å². The zero-order valence-electron chi connectivity index (χ0n) is 9.47. The van der Waals surface area contributed by atoms with E-state index < -0.39 is 12.0 Å². The fourth-order valence-corrected chi connectivity index (χ4v) is 1.12. The van der Waals surface area contributed by atoms with Crippen LogP contribution in [0.3, 0.4) is 0 Å². The van der Waals surface area contributed by atoms with Crippen molar-refractivity contribution in [3.05, 3.63) is 17.6 Å². The zero-order valence-corrected chi connectivity index (χ0v) is 9.47. The molecule has 0 spiro atoms. The van der Waals surface area contributed by atoms with Crippen molar-refractivity contribution in [3.8, 4) is 5.88 Å². The largest absolute Gasteiger partial charge is 0.480 e. The first-order chi connectivity index (χ1) is 7.41. The highest BCUT2D eigenvalue weighted by Crippen LogP contribution is 2.22. The average molecular weight is 225 g/mol. The number of hydrogen-bond donors (Lipinski definition) is 2. The maximum atomic E-state index is 10.8. The second kappa shape index (κ2) is 4.89. The molecule has 0 saturated heterocycles. The van der Waals surface area contributed by atoms with Crippen molar-refractivity contribution in [1.82, 2.24) is 9.97 Å². The molecule has 0 aliphatic heterocycles. The van der Waals surface area contributed by atoms with Gasteiger partial charge in [0.25, 0.3) is 0 Å². The molecule has 16 heavy (non-hydrogen) atoms. The Balaban J connectivity index is 3.11. The predicted molar refractivity (Wildman–Crippen MR) is 57.1 cm³/mol. The Labute approximate surface area is 93.5 Å². The molecule has 0 saturated carbocycles. The normalized spacial score (nSPS) is 12.6. The number of aryl methyl sites for hydroxylation is 1. The maximum Gasteiger partial charge on any atom is 0.325 e. The van der Waals surface area contributed by atoms with E-state index in [0.29, 0.717) is 5.82 Å². The van der Waals surface area contributed by atoms with Gasteiger partial charge in [-0.05, 0) is 20.8 Å². The molecular weight excluding hydrogens is 210 g/mol. The molecule has 3 N–H and O–H groups in total. The predicted octanol–water partition coefficient (Wildman–Crippen LogP) is 0.657. The molecule has 88 valence electrons. The molecule has 0 fully saturated rings. The molecule has 6 heteroatoms. The van der Waals surface area contributed by atoms with E-state index in [0.717, 1.165) is 0 Å². The van der Waals surface area contributed by atoms with Crippen LogP contribution in [0, 0.1) is 6.92 Å². The number of ether oxygens (including phenoxy) is 1. The van der Waals surface area contributed by atoms with E-state index in [1.165, 1.54) is 6.20 Å². The monoisotopic (exact) mass is 225 g/mol. The summed E-state index contributed by atoms with van der Waals surface area (Å²) in [6.07, 6.45) is 1.28. The molecule has 6 nitrogen and oxygen atoms in total.